The van der Waals surface area contributed by atoms with E-state index in [1.807, 2.05) is 54.3 Å². The Morgan fingerprint density at radius 3 is 2.39 bits per heavy atom. The third kappa shape index (κ3) is 3.27. The minimum Gasteiger partial charge on any atom is -0.493 e. The van der Waals surface area contributed by atoms with Crippen molar-refractivity contribution >= 4 is 17.2 Å². The number of nitrogens with zero attached hydrogens (tertiary/aromatic N) is 1. The van der Waals surface area contributed by atoms with Gasteiger partial charge >= 0.3 is 0 Å². The van der Waals surface area contributed by atoms with Crippen LogP contribution in [0.3, 0.4) is 0 Å². The fraction of sp³-hybridized carbons (Fsp3) is 0.261. The number of amides is 1. The molecule has 0 bridgehead atoms. The van der Waals surface area contributed by atoms with Crippen LogP contribution in [0.5, 0.6) is 11.5 Å². The molecule has 1 aromatic heterocycles. The molecule has 0 saturated heterocycles. The lowest BCUT2D eigenvalue weighted by Crippen LogP contribution is -2.40. The lowest BCUT2D eigenvalue weighted by atomic mass is 9.87. The molecule has 3 aromatic rings. The molecule has 144 valence electrons. The number of methoxy groups -OCH3 is 2. The second-order valence-corrected chi connectivity index (χ2v) is 8.17. The summed E-state index contributed by atoms with van der Waals surface area (Å²) < 4.78 is 11.0. The summed E-state index contributed by atoms with van der Waals surface area (Å²) in [5.74, 6) is 1.48. The molecule has 0 spiro atoms. The van der Waals surface area contributed by atoms with Crippen LogP contribution in [-0.4, -0.2) is 31.6 Å². The highest BCUT2D eigenvalue weighted by molar-refractivity contribution is 7.13. The quantitative estimate of drug-likeness (QED) is 0.635. The highest BCUT2D eigenvalue weighted by Gasteiger charge is 2.34. The fourth-order valence-corrected chi connectivity index (χ4v) is 4.67. The number of fused-ring (bicyclic) bond motifs is 1. The molecule has 5 heteroatoms. The SMILES string of the molecule is COc1cc2c(cc1OC)C(c1ccccc1)N(C(=O)c1ccc(C)s1)CC2. The van der Waals surface area contributed by atoms with E-state index in [4.69, 9.17) is 9.47 Å². The van der Waals surface area contributed by atoms with Crippen LogP contribution in [-0.2, 0) is 6.42 Å². The number of carbonyl (C=O) groups excluding carboxylic acids is 1. The maximum absolute atomic E-state index is 13.4. The van der Waals surface area contributed by atoms with E-state index in [2.05, 4.69) is 12.1 Å². The summed E-state index contributed by atoms with van der Waals surface area (Å²) in [6.07, 6.45) is 0.787. The third-order valence-corrected chi connectivity index (χ3v) is 6.19. The van der Waals surface area contributed by atoms with Crippen LogP contribution in [0.25, 0.3) is 0 Å². The summed E-state index contributed by atoms with van der Waals surface area (Å²) in [7, 11) is 3.29. The number of thiophene rings is 1. The predicted molar refractivity (Wildman–Crippen MR) is 112 cm³/mol. The zero-order valence-electron chi connectivity index (χ0n) is 16.3. The molecule has 0 fully saturated rings. The van der Waals surface area contributed by atoms with E-state index in [1.54, 1.807) is 25.6 Å². The van der Waals surface area contributed by atoms with Gasteiger partial charge in [-0.1, -0.05) is 30.3 Å². The molecule has 2 aromatic carbocycles. The van der Waals surface area contributed by atoms with Crippen LogP contribution < -0.4 is 9.47 Å². The highest BCUT2D eigenvalue weighted by Crippen LogP contribution is 2.41. The molecule has 0 aliphatic carbocycles. The van der Waals surface area contributed by atoms with Gasteiger partial charge in [0.05, 0.1) is 25.1 Å². The van der Waals surface area contributed by atoms with Gasteiger partial charge in [0.1, 0.15) is 0 Å². The van der Waals surface area contributed by atoms with E-state index in [-0.39, 0.29) is 11.9 Å². The fourth-order valence-electron chi connectivity index (χ4n) is 3.85. The van der Waals surface area contributed by atoms with Crippen molar-refractivity contribution in [2.45, 2.75) is 19.4 Å². The molecule has 1 aliphatic rings. The Balaban J connectivity index is 1.84. The Hall–Kier alpha value is -2.79. The summed E-state index contributed by atoms with van der Waals surface area (Å²) in [5.41, 5.74) is 3.38. The summed E-state index contributed by atoms with van der Waals surface area (Å²) in [6, 6.07) is 18.0. The molecular weight excluding hydrogens is 370 g/mol. The molecule has 2 heterocycles. The van der Waals surface area contributed by atoms with Crippen molar-refractivity contribution in [2.24, 2.45) is 0 Å². The number of carbonyl (C=O) groups is 1. The minimum atomic E-state index is -0.153. The molecule has 0 N–H and O–H groups in total. The van der Waals surface area contributed by atoms with Gasteiger partial charge in [-0.3, -0.25) is 4.79 Å². The van der Waals surface area contributed by atoms with Crippen molar-refractivity contribution in [3.63, 3.8) is 0 Å². The summed E-state index contributed by atoms with van der Waals surface area (Å²) in [6.45, 7) is 2.69. The first-order chi connectivity index (χ1) is 13.6. The molecule has 0 radical (unpaired) electrons. The number of ether oxygens (including phenoxy) is 2. The Labute approximate surface area is 169 Å². The second kappa shape index (κ2) is 7.68. The summed E-state index contributed by atoms with van der Waals surface area (Å²) >= 11 is 1.55. The third-order valence-electron chi connectivity index (χ3n) is 5.20. The molecular formula is C23H23NO3S. The lowest BCUT2D eigenvalue weighted by Gasteiger charge is -2.38. The monoisotopic (exact) mass is 393 g/mol. The zero-order chi connectivity index (χ0) is 19.7. The molecule has 1 atom stereocenters. The number of hydrogen-bond acceptors (Lipinski definition) is 4. The van der Waals surface area contributed by atoms with E-state index in [9.17, 15) is 4.79 Å². The molecule has 4 nitrogen and oxygen atoms in total. The van der Waals surface area contributed by atoms with Gasteiger partial charge in [-0.05, 0) is 54.3 Å². The second-order valence-electron chi connectivity index (χ2n) is 6.88. The van der Waals surface area contributed by atoms with E-state index in [1.165, 1.54) is 5.56 Å². The summed E-state index contributed by atoms with van der Waals surface area (Å²) in [5, 5.41) is 0. The van der Waals surface area contributed by atoms with Crippen molar-refractivity contribution in [1.82, 2.24) is 4.90 Å². The van der Waals surface area contributed by atoms with Gasteiger partial charge in [-0.2, -0.15) is 0 Å². The average Bonchev–Trinajstić information content (AvgIpc) is 3.18. The maximum atomic E-state index is 13.4. The molecule has 28 heavy (non-hydrogen) atoms. The average molecular weight is 394 g/mol. The van der Waals surface area contributed by atoms with E-state index in [0.29, 0.717) is 12.3 Å². The van der Waals surface area contributed by atoms with Crippen molar-refractivity contribution in [3.8, 4) is 11.5 Å². The molecule has 1 unspecified atom stereocenters. The largest absolute Gasteiger partial charge is 0.493 e. The topological polar surface area (TPSA) is 38.8 Å². The van der Waals surface area contributed by atoms with Crippen LogP contribution in [0.1, 0.15) is 37.3 Å². The molecule has 0 saturated carbocycles. The van der Waals surface area contributed by atoms with Crippen LogP contribution in [0.15, 0.2) is 54.6 Å². The van der Waals surface area contributed by atoms with Gasteiger partial charge in [0, 0.05) is 11.4 Å². The number of hydrogen-bond donors (Lipinski definition) is 0. The highest BCUT2D eigenvalue weighted by atomic mass is 32.1. The zero-order valence-corrected chi connectivity index (χ0v) is 17.1. The smallest absolute Gasteiger partial charge is 0.264 e. The number of rotatable bonds is 4. The van der Waals surface area contributed by atoms with Gasteiger partial charge in [-0.25, -0.2) is 0 Å². The van der Waals surface area contributed by atoms with Gasteiger partial charge in [0.2, 0.25) is 0 Å². The first-order valence-electron chi connectivity index (χ1n) is 9.29. The molecule has 1 aliphatic heterocycles. The first kappa shape index (κ1) is 18.6. The normalized spacial score (nSPS) is 15.8. The van der Waals surface area contributed by atoms with Crippen LogP contribution >= 0.6 is 11.3 Å². The number of aryl methyl sites for hydroxylation is 1. The van der Waals surface area contributed by atoms with Crippen LogP contribution in [0, 0.1) is 6.92 Å². The molecule has 1 amide bonds. The van der Waals surface area contributed by atoms with Crippen molar-refractivity contribution in [3.05, 3.63) is 81.0 Å². The lowest BCUT2D eigenvalue weighted by molar-refractivity contribution is 0.0699. The first-order valence-corrected chi connectivity index (χ1v) is 10.1. The van der Waals surface area contributed by atoms with Crippen LogP contribution in [0.4, 0.5) is 0 Å². The standard InChI is InChI=1S/C23H23NO3S/c1-15-9-10-21(28-15)23(25)24-12-11-17-13-19(26-2)20(27-3)14-18(17)22(24)16-7-5-4-6-8-16/h4-10,13-14,22H,11-12H2,1-3H3. The van der Waals surface area contributed by atoms with Gasteiger partial charge in [0.25, 0.3) is 5.91 Å². The van der Waals surface area contributed by atoms with Crippen molar-refractivity contribution in [2.75, 3.05) is 20.8 Å². The minimum absolute atomic E-state index is 0.0763. The van der Waals surface area contributed by atoms with Gasteiger partial charge in [0.15, 0.2) is 11.5 Å². The maximum Gasteiger partial charge on any atom is 0.264 e. The predicted octanol–water partition coefficient (Wildman–Crippen LogP) is 4.86. The van der Waals surface area contributed by atoms with E-state index >= 15 is 0 Å². The van der Waals surface area contributed by atoms with E-state index in [0.717, 1.165) is 33.1 Å². The molecule has 4 rings (SSSR count). The van der Waals surface area contributed by atoms with E-state index < -0.39 is 0 Å². The Morgan fingerprint density at radius 1 is 1.04 bits per heavy atom. The number of benzene rings is 2. The summed E-state index contributed by atoms with van der Waals surface area (Å²) in [4.78, 5) is 17.3. The van der Waals surface area contributed by atoms with Crippen molar-refractivity contribution < 1.29 is 14.3 Å². The Morgan fingerprint density at radius 2 is 1.75 bits per heavy atom. The van der Waals surface area contributed by atoms with Gasteiger partial charge in [-0.15, -0.1) is 11.3 Å². The van der Waals surface area contributed by atoms with Crippen LogP contribution in [0.2, 0.25) is 0 Å². The Kier molecular flexibility index (Phi) is 5.09. The van der Waals surface area contributed by atoms with Gasteiger partial charge < -0.3 is 14.4 Å². The van der Waals surface area contributed by atoms with Crippen molar-refractivity contribution in [1.29, 1.82) is 0 Å². The Bertz CT molecular complexity index is 996.